The second kappa shape index (κ2) is 13.7. The van der Waals surface area contributed by atoms with E-state index in [1.54, 1.807) is 45.0 Å². The molecule has 3 heterocycles. The van der Waals surface area contributed by atoms with Crippen LogP contribution < -0.4 is 15.6 Å². The fourth-order valence-corrected chi connectivity index (χ4v) is 6.09. The summed E-state index contributed by atoms with van der Waals surface area (Å²) in [6.45, 7) is 3.77. The second-order valence-electron chi connectivity index (χ2n) is 12.4. The summed E-state index contributed by atoms with van der Waals surface area (Å²) >= 11 is 0. The number of carboxylic acids is 1. The number of halogens is 6. The molecule has 0 aliphatic carbocycles. The third-order valence-electron chi connectivity index (χ3n) is 8.17. The number of aryl methyl sites for hydroxylation is 3. The van der Waals surface area contributed by atoms with Crippen molar-refractivity contribution in [1.82, 2.24) is 24.6 Å². The number of hydrogen-bond donors (Lipinski definition) is 2. The number of nitrogens with zero attached hydrogens (tertiary/aromatic N) is 4. The standard InChI is InChI=1S/C34H33F6N5O5/c1-18-11-19(2)29-26(12-18)50-22-9-5-7-20(13-22)30(44-16-21(8-6-10-43(3)4)24(14-27(44)46)33(35,36)37)32(49)41-25(15-28(47)48)23-17-45(29)42-31(23)34(38,39)40/h5,7,9,11-14,16-17,25,30H,6,8,10,15H2,1-4H3,(H,41,49)(H,47,48)/t25-,30-/m0/s1. The Balaban J connectivity index is 1.79. The molecule has 0 saturated carbocycles. The van der Waals surface area contributed by atoms with Gasteiger partial charge in [-0.05, 0) is 87.8 Å². The van der Waals surface area contributed by atoms with Gasteiger partial charge in [0.05, 0.1) is 18.0 Å². The van der Waals surface area contributed by atoms with Gasteiger partial charge in [-0.3, -0.25) is 19.0 Å². The number of nitrogens with one attached hydrogen (secondary N) is 1. The van der Waals surface area contributed by atoms with Crippen LogP contribution in [0.25, 0.3) is 5.69 Å². The molecule has 2 aromatic carbocycles. The van der Waals surface area contributed by atoms with E-state index in [2.05, 4.69) is 10.4 Å². The largest absolute Gasteiger partial charge is 0.481 e. The number of carbonyl (C=O) groups excluding carboxylic acids is 1. The predicted octanol–water partition coefficient (Wildman–Crippen LogP) is 6.21. The van der Waals surface area contributed by atoms with Crippen molar-refractivity contribution >= 4 is 11.9 Å². The predicted molar refractivity (Wildman–Crippen MR) is 168 cm³/mol. The van der Waals surface area contributed by atoms with Crippen LogP contribution in [0.4, 0.5) is 26.3 Å². The molecule has 1 amide bonds. The molecule has 2 aromatic heterocycles. The van der Waals surface area contributed by atoms with Gasteiger partial charge in [-0.1, -0.05) is 18.2 Å². The van der Waals surface area contributed by atoms with Gasteiger partial charge in [0.1, 0.15) is 17.5 Å². The van der Waals surface area contributed by atoms with Gasteiger partial charge in [-0.25, -0.2) is 4.68 Å². The zero-order valence-corrected chi connectivity index (χ0v) is 27.3. The smallest absolute Gasteiger partial charge is 0.435 e. The van der Waals surface area contributed by atoms with E-state index >= 15 is 0 Å². The number of hydrogen-bond acceptors (Lipinski definition) is 6. The van der Waals surface area contributed by atoms with Gasteiger partial charge >= 0.3 is 18.3 Å². The quantitative estimate of drug-likeness (QED) is 0.220. The van der Waals surface area contributed by atoms with Crippen molar-refractivity contribution < 1.29 is 45.8 Å². The zero-order valence-electron chi connectivity index (χ0n) is 27.3. The van der Waals surface area contributed by atoms with Crippen LogP contribution in [0.3, 0.4) is 0 Å². The van der Waals surface area contributed by atoms with E-state index in [0.29, 0.717) is 23.7 Å². The molecule has 1 aliphatic heterocycles. The van der Waals surface area contributed by atoms with Crippen molar-refractivity contribution in [3.05, 3.63) is 104 Å². The maximum absolute atomic E-state index is 14.5. The molecule has 2 atom stereocenters. The minimum Gasteiger partial charge on any atom is -0.481 e. The van der Waals surface area contributed by atoms with Crippen molar-refractivity contribution in [2.45, 2.75) is 57.5 Å². The highest BCUT2D eigenvalue weighted by atomic mass is 19.4. The minimum absolute atomic E-state index is 0.0319. The summed E-state index contributed by atoms with van der Waals surface area (Å²) in [4.78, 5) is 41.4. The lowest BCUT2D eigenvalue weighted by atomic mass is 9.99. The molecule has 0 spiro atoms. The first-order valence-corrected chi connectivity index (χ1v) is 15.4. The highest BCUT2D eigenvalue weighted by Crippen LogP contribution is 2.40. The van der Waals surface area contributed by atoms with Crippen LogP contribution in [-0.2, 0) is 28.4 Å². The van der Waals surface area contributed by atoms with Crippen LogP contribution in [0, 0.1) is 13.8 Å². The first-order valence-electron chi connectivity index (χ1n) is 15.4. The number of benzene rings is 2. The molecule has 266 valence electrons. The monoisotopic (exact) mass is 705 g/mol. The van der Waals surface area contributed by atoms with E-state index in [0.717, 1.165) is 21.6 Å². The van der Waals surface area contributed by atoms with Gasteiger partial charge in [0.2, 0.25) is 5.91 Å². The summed E-state index contributed by atoms with van der Waals surface area (Å²) < 4.78 is 93.7. The number of ether oxygens (including phenoxy) is 1. The van der Waals surface area contributed by atoms with Crippen LogP contribution in [0.5, 0.6) is 11.5 Å². The van der Waals surface area contributed by atoms with E-state index in [4.69, 9.17) is 4.74 Å². The summed E-state index contributed by atoms with van der Waals surface area (Å²) in [6.07, 6.45) is -9.03. The normalized spacial score (nSPS) is 16.5. The van der Waals surface area contributed by atoms with E-state index in [-0.39, 0.29) is 41.2 Å². The molecule has 10 nitrogen and oxygen atoms in total. The van der Waals surface area contributed by atoms with E-state index in [9.17, 15) is 45.8 Å². The summed E-state index contributed by atoms with van der Waals surface area (Å²) in [5, 5.41) is 15.9. The van der Waals surface area contributed by atoms with Crippen molar-refractivity contribution in [2.75, 3.05) is 20.6 Å². The Morgan fingerprint density at radius 2 is 1.74 bits per heavy atom. The average molecular weight is 706 g/mol. The molecule has 1 aliphatic rings. The summed E-state index contributed by atoms with van der Waals surface area (Å²) in [6, 6.07) is 5.76. The van der Waals surface area contributed by atoms with Gasteiger partial charge in [0, 0.05) is 24.0 Å². The summed E-state index contributed by atoms with van der Waals surface area (Å²) in [5.41, 5.74) is -3.58. The lowest BCUT2D eigenvalue weighted by Gasteiger charge is -2.25. The van der Waals surface area contributed by atoms with Crippen molar-refractivity contribution in [2.24, 2.45) is 0 Å². The van der Waals surface area contributed by atoms with Crippen LogP contribution in [-0.4, -0.2) is 56.9 Å². The molecule has 4 aromatic rings. The number of aromatic nitrogens is 3. The molecule has 5 rings (SSSR count). The molecule has 2 N–H and O–H groups in total. The van der Waals surface area contributed by atoms with E-state index in [1.807, 2.05) is 0 Å². The molecular weight excluding hydrogens is 672 g/mol. The minimum atomic E-state index is -5.10. The molecule has 0 saturated heterocycles. The van der Waals surface area contributed by atoms with Crippen LogP contribution in [0.2, 0.25) is 0 Å². The lowest BCUT2D eigenvalue weighted by molar-refractivity contribution is -0.144. The fourth-order valence-electron chi connectivity index (χ4n) is 6.09. The first kappa shape index (κ1) is 36.2. The summed E-state index contributed by atoms with van der Waals surface area (Å²) in [5.74, 6) is -2.56. The number of aliphatic carboxylic acids is 1. The van der Waals surface area contributed by atoms with Crippen molar-refractivity contribution in [3.63, 3.8) is 0 Å². The second-order valence-corrected chi connectivity index (χ2v) is 12.4. The molecule has 50 heavy (non-hydrogen) atoms. The Morgan fingerprint density at radius 3 is 2.38 bits per heavy atom. The van der Waals surface area contributed by atoms with Gasteiger partial charge in [-0.15, -0.1) is 0 Å². The topological polar surface area (TPSA) is 119 Å². The van der Waals surface area contributed by atoms with Crippen LogP contribution >= 0.6 is 0 Å². The number of amides is 1. The third-order valence-corrected chi connectivity index (χ3v) is 8.17. The van der Waals surface area contributed by atoms with Crippen molar-refractivity contribution in [1.29, 1.82) is 0 Å². The Morgan fingerprint density at radius 1 is 1.02 bits per heavy atom. The Hall–Kier alpha value is -5.12. The number of fused-ring (bicyclic) bond motifs is 6. The van der Waals surface area contributed by atoms with Gasteiger partial charge < -0.3 is 20.1 Å². The molecule has 16 heteroatoms. The lowest BCUT2D eigenvalue weighted by Crippen LogP contribution is -2.41. The third kappa shape index (κ3) is 7.69. The van der Waals surface area contributed by atoms with Gasteiger partial charge in [0.15, 0.2) is 11.4 Å². The Labute approximate surface area is 281 Å². The Bertz CT molecular complexity index is 2000. The van der Waals surface area contributed by atoms with Crippen LogP contribution in [0.15, 0.2) is 59.7 Å². The van der Waals surface area contributed by atoms with E-state index < -0.39 is 65.1 Å². The van der Waals surface area contributed by atoms with Gasteiger partial charge in [-0.2, -0.15) is 31.4 Å². The number of carbonyl (C=O) groups is 2. The Kier molecular flexibility index (Phi) is 9.87. The SMILES string of the molecule is Cc1cc(C)c2c(c1)Oc1cccc(c1)[C@H](n1cc(CCCN(C)C)c(C(F)(F)F)cc1=O)C(=O)N[C@@H](CC(=O)O)c1cn-2nc1C(F)(F)F. The van der Waals surface area contributed by atoms with Crippen molar-refractivity contribution in [3.8, 4) is 17.2 Å². The van der Waals surface area contributed by atoms with E-state index in [1.165, 1.54) is 24.3 Å². The highest BCUT2D eigenvalue weighted by molar-refractivity contribution is 5.85. The number of pyridine rings is 1. The summed E-state index contributed by atoms with van der Waals surface area (Å²) in [7, 11) is 3.47. The molecule has 0 unspecified atom stereocenters. The zero-order chi connectivity index (χ0) is 36.7. The highest BCUT2D eigenvalue weighted by Gasteiger charge is 2.42. The fraction of sp³-hybridized carbons (Fsp3) is 0.353. The van der Waals surface area contributed by atoms with Crippen LogP contribution in [0.1, 0.15) is 64.0 Å². The maximum atomic E-state index is 14.5. The molecule has 0 fully saturated rings. The molecule has 0 radical (unpaired) electrons. The number of alkyl halides is 6. The maximum Gasteiger partial charge on any atom is 0.435 e. The first-order chi connectivity index (χ1) is 23.3. The molecular formula is C34H33F6N5O5. The van der Waals surface area contributed by atoms with Gasteiger partial charge in [0.25, 0.3) is 5.56 Å². The number of carboxylic acid groups (broad SMARTS) is 1. The molecule has 4 bridgehead atoms. The average Bonchev–Trinajstić information content (AvgIpc) is 3.43. The number of rotatable bonds is 7.